The fourth-order valence-corrected chi connectivity index (χ4v) is 2.50. The molecule has 1 fully saturated rings. The highest BCUT2D eigenvalue weighted by Gasteiger charge is 2.15. The molecule has 0 atom stereocenters. The van der Waals surface area contributed by atoms with Gasteiger partial charge in [0.15, 0.2) is 0 Å². The van der Waals surface area contributed by atoms with E-state index in [1.54, 1.807) is 0 Å². The van der Waals surface area contributed by atoms with Gasteiger partial charge in [0.1, 0.15) is 0 Å². The van der Waals surface area contributed by atoms with Crippen LogP contribution in [-0.4, -0.2) is 12.5 Å². The van der Waals surface area contributed by atoms with E-state index in [-0.39, 0.29) is 5.91 Å². The lowest BCUT2D eigenvalue weighted by atomic mass is 9.96. The zero-order valence-corrected chi connectivity index (χ0v) is 11.7. The predicted octanol–water partition coefficient (Wildman–Crippen LogP) is 2.98. The van der Waals surface area contributed by atoms with E-state index in [1.165, 1.54) is 16.3 Å². The van der Waals surface area contributed by atoms with Crippen LogP contribution in [0, 0.1) is 0 Å². The highest BCUT2D eigenvalue weighted by molar-refractivity contribution is 6.02. The molecule has 1 amide bonds. The fourth-order valence-electron chi connectivity index (χ4n) is 2.50. The van der Waals surface area contributed by atoms with Crippen LogP contribution >= 0.6 is 0 Å². The molecule has 2 aromatic carbocycles. The van der Waals surface area contributed by atoms with Gasteiger partial charge in [0.25, 0.3) is 5.91 Å². The topological polar surface area (TPSA) is 41.1 Å². The molecule has 1 aliphatic rings. The Balaban J connectivity index is 2.10. The molecule has 102 valence electrons. The Morgan fingerprint density at radius 3 is 2.75 bits per heavy atom. The third kappa shape index (κ3) is 2.32. The van der Waals surface area contributed by atoms with Crippen molar-refractivity contribution >= 4 is 22.8 Å². The van der Waals surface area contributed by atoms with Crippen molar-refractivity contribution in [3.8, 4) is 0 Å². The number of carbonyl (C=O) groups excluding carboxylic acids is 1. The average molecular weight is 266 g/mol. The van der Waals surface area contributed by atoms with Crippen molar-refractivity contribution in [3.05, 3.63) is 53.1 Å². The lowest BCUT2D eigenvalue weighted by Crippen LogP contribution is -2.25. The SMILES string of the molecule is CC(C)c1ccc2c(/C=C3\CNNC3=O)cccc2c1. The van der Waals surface area contributed by atoms with Crippen molar-refractivity contribution in [1.29, 1.82) is 0 Å². The molecule has 0 aliphatic carbocycles. The first-order chi connectivity index (χ1) is 9.65. The quantitative estimate of drug-likeness (QED) is 0.820. The summed E-state index contributed by atoms with van der Waals surface area (Å²) in [5, 5.41) is 2.40. The molecule has 0 spiro atoms. The van der Waals surface area contributed by atoms with Crippen LogP contribution in [0.3, 0.4) is 0 Å². The van der Waals surface area contributed by atoms with Gasteiger partial charge in [-0.15, -0.1) is 0 Å². The Hall–Kier alpha value is -2.13. The lowest BCUT2D eigenvalue weighted by molar-refractivity contribution is -0.116. The molecule has 0 bridgehead atoms. The number of hydrogen-bond donors (Lipinski definition) is 2. The summed E-state index contributed by atoms with van der Waals surface area (Å²) in [5.41, 5.74) is 8.65. The minimum Gasteiger partial charge on any atom is -0.287 e. The third-order valence-corrected chi connectivity index (χ3v) is 3.71. The first-order valence-corrected chi connectivity index (χ1v) is 6.91. The molecule has 1 aliphatic heterocycles. The van der Waals surface area contributed by atoms with Gasteiger partial charge in [0.2, 0.25) is 0 Å². The molecule has 0 radical (unpaired) electrons. The molecule has 0 unspecified atom stereocenters. The number of nitrogens with one attached hydrogen (secondary N) is 2. The molecule has 3 heteroatoms. The van der Waals surface area contributed by atoms with E-state index in [0.717, 1.165) is 11.1 Å². The summed E-state index contributed by atoms with van der Waals surface area (Å²) in [4.78, 5) is 11.6. The van der Waals surface area contributed by atoms with Crippen LogP contribution in [0.25, 0.3) is 16.8 Å². The first-order valence-electron chi connectivity index (χ1n) is 6.91. The smallest absolute Gasteiger partial charge is 0.262 e. The minimum atomic E-state index is -0.0409. The fraction of sp³-hybridized carbons (Fsp3) is 0.235. The molecule has 0 saturated carbocycles. The molecular weight excluding hydrogens is 248 g/mol. The van der Waals surface area contributed by atoms with Crippen molar-refractivity contribution in [1.82, 2.24) is 10.9 Å². The molecule has 1 heterocycles. The molecule has 2 N–H and O–H groups in total. The van der Waals surface area contributed by atoms with Crippen LogP contribution in [0.1, 0.15) is 30.9 Å². The van der Waals surface area contributed by atoms with E-state index in [1.807, 2.05) is 12.1 Å². The normalized spacial score (nSPS) is 17.1. The van der Waals surface area contributed by atoms with Crippen molar-refractivity contribution in [2.45, 2.75) is 19.8 Å². The van der Waals surface area contributed by atoms with Crippen LogP contribution in [-0.2, 0) is 4.79 Å². The Labute approximate surface area is 118 Å². The molecule has 20 heavy (non-hydrogen) atoms. The zero-order valence-electron chi connectivity index (χ0n) is 11.7. The number of fused-ring (bicyclic) bond motifs is 1. The van der Waals surface area contributed by atoms with Gasteiger partial charge in [-0.3, -0.25) is 10.2 Å². The van der Waals surface area contributed by atoms with Gasteiger partial charge in [-0.2, -0.15) is 0 Å². The number of rotatable bonds is 2. The number of amides is 1. The highest BCUT2D eigenvalue weighted by Crippen LogP contribution is 2.25. The van der Waals surface area contributed by atoms with E-state index >= 15 is 0 Å². The van der Waals surface area contributed by atoms with Crippen molar-refractivity contribution in [3.63, 3.8) is 0 Å². The molecule has 2 aromatic rings. The number of carbonyl (C=O) groups is 1. The van der Waals surface area contributed by atoms with Gasteiger partial charge in [-0.1, -0.05) is 50.2 Å². The minimum absolute atomic E-state index is 0.0409. The first kappa shape index (κ1) is 12.9. The standard InChI is InChI=1S/C17H18N2O/c1-11(2)12-6-7-16-13(8-12)4-3-5-14(16)9-15-10-18-19-17(15)20/h3-9,11,18H,10H2,1-2H3,(H,19,20)/b15-9+. The Morgan fingerprint density at radius 1 is 1.20 bits per heavy atom. The summed E-state index contributed by atoms with van der Waals surface area (Å²) in [6, 6.07) is 12.8. The van der Waals surface area contributed by atoms with Gasteiger partial charge in [-0.25, -0.2) is 5.43 Å². The Kier molecular flexibility index (Phi) is 3.28. The van der Waals surface area contributed by atoms with Crippen LogP contribution in [0.15, 0.2) is 42.0 Å². The largest absolute Gasteiger partial charge is 0.287 e. The van der Waals surface area contributed by atoms with E-state index in [0.29, 0.717) is 12.5 Å². The van der Waals surface area contributed by atoms with Gasteiger partial charge in [0.05, 0.1) is 0 Å². The second kappa shape index (κ2) is 5.10. The van der Waals surface area contributed by atoms with Crippen molar-refractivity contribution in [2.24, 2.45) is 0 Å². The maximum atomic E-state index is 11.6. The number of hydrogen-bond acceptors (Lipinski definition) is 2. The van der Waals surface area contributed by atoms with Crippen LogP contribution < -0.4 is 10.9 Å². The van der Waals surface area contributed by atoms with Crippen LogP contribution in [0.2, 0.25) is 0 Å². The van der Waals surface area contributed by atoms with Gasteiger partial charge in [-0.05, 0) is 33.9 Å². The maximum absolute atomic E-state index is 11.6. The molecule has 3 nitrogen and oxygen atoms in total. The van der Waals surface area contributed by atoms with Crippen LogP contribution in [0.4, 0.5) is 0 Å². The summed E-state index contributed by atoms with van der Waals surface area (Å²) < 4.78 is 0. The molecule has 1 saturated heterocycles. The second-order valence-electron chi connectivity index (χ2n) is 5.46. The lowest BCUT2D eigenvalue weighted by Gasteiger charge is -2.09. The summed E-state index contributed by atoms with van der Waals surface area (Å²) in [5.74, 6) is 0.479. The summed E-state index contributed by atoms with van der Waals surface area (Å²) in [6.45, 7) is 4.96. The van der Waals surface area contributed by atoms with E-state index in [2.05, 4.69) is 55.0 Å². The van der Waals surface area contributed by atoms with Crippen LogP contribution in [0.5, 0.6) is 0 Å². The third-order valence-electron chi connectivity index (χ3n) is 3.71. The maximum Gasteiger partial charge on any atom is 0.262 e. The summed E-state index contributed by atoms with van der Waals surface area (Å²) >= 11 is 0. The summed E-state index contributed by atoms with van der Waals surface area (Å²) in [6.07, 6.45) is 1.96. The monoisotopic (exact) mass is 266 g/mol. The number of hydrazine groups is 1. The Bertz CT molecular complexity index is 701. The summed E-state index contributed by atoms with van der Waals surface area (Å²) in [7, 11) is 0. The molecular formula is C17H18N2O. The van der Waals surface area contributed by atoms with E-state index in [9.17, 15) is 4.79 Å². The Morgan fingerprint density at radius 2 is 2.05 bits per heavy atom. The van der Waals surface area contributed by atoms with Crippen molar-refractivity contribution < 1.29 is 4.79 Å². The van der Waals surface area contributed by atoms with Gasteiger partial charge in [0, 0.05) is 12.1 Å². The van der Waals surface area contributed by atoms with Crippen molar-refractivity contribution in [2.75, 3.05) is 6.54 Å². The average Bonchev–Trinajstić information content (AvgIpc) is 2.84. The highest BCUT2D eigenvalue weighted by atomic mass is 16.2. The zero-order chi connectivity index (χ0) is 14.1. The van der Waals surface area contributed by atoms with E-state index in [4.69, 9.17) is 0 Å². The van der Waals surface area contributed by atoms with Gasteiger partial charge >= 0.3 is 0 Å². The second-order valence-corrected chi connectivity index (χ2v) is 5.46. The van der Waals surface area contributed by atoms with E-state index < -0.39 is 0 Å². The number of benzene rings is 2. The predicted molar refractivity (Wildman–Crippen MR) is 82.2 cm³/mol. The molecule has 0 aromatic heterocycles. The van der Waals surface area contributed by atoms with Gasteiger partial charge < -0.3 is 0 Å². The molecule has 3 rings (SSSR count).